The average molecular weight is 1030 g/mol. The van der Waals surface area contributed by atoms with Crippen LogP contribution in [0.1, 0.15) is 114 Å². The van der Waals surface area contributed by atoms with Crippen molar-refractivity contribution in [3.63, 3.8) is 0 Å². The molecule has 0 aliphatic carbocycles. The number of cyclic esters (lactones) is 1. The number of aryl methyl sites for hydroxylation is 1. The number of amides is 2. The van der Waals surface area contributed by atoms with Crippen molar-refractivity contribution in [1.82, 2.24) is 15.5 Å². The Labute approximate surface area is 433 Å². The molecule has 2 aromatic carbocycles. The van der Waals surface area contributed by atoms with Crippen LogP contribution in [0, 0.1) is 30.5 Å². The first kappa shape index (κ1) is 60.3. The Morgan fingerprint density at radius 1 is 0.945 bits per heavy atom. The molecular weight excluding hydrogens is 944 g/mol. The van der Waals surface area contributed by atoms with Crippen LogP contribution < -0.4 is 20.3 Å². The van der Waals surface area contributed by atoms with E-state index in [9.17, 15) is 34.4 Å². The van der Waals surface area contributed by atoms with E-state index in [1.165, 1.54) is 37.1 Å². The Balaban J connectivity index is 1.66. The van der Waals surface area contributed by atoms with E-state index in [4.69, 9.17) is 33.2 Å². The van der Waals surface area contributed by atoms with Gasteiger partial charge < -0.3 is 69.1 Å². The van der Waals surface area contributed by atoms with E-state index in [2.05, 4.69) is 10.6 Å². The van der Waals surface area contributed by atoms with Crippen molar-refractivity contribution in [2.75, 3.05) is 45.7 Å². The fraction of sp³-hybridized carbons (Fsp3) is 0.745. The van der Waals surface area contributed by atoms with E-state index in [1.54, 1.807) is 74.4 Å². The van der Waals surface area contributed by atoms with Crippen LogP contribution in [0.4, 0.5) is 14.9 Å². The number of rotatable bonds is 14. The van der Waals surface area contributed by atoms with E-state index in [1.807, 2.05) is 51.1 Å². The molecule has 0 saturated carbocycles. The van der Waals surface area contributed by atoms with Crippen LogP contribution in [-0.2, 0) is 33.2 Å². The van der Waals surface area contributed by atoms with Crippen molar-refractivity contribution in [1.29, 1.82) is 0 Å². The number of aliphatic hydroxyl groups is 4. The molecule has 3 aliphatic heterocycles. The molecule has 3 heterocycles. The Kier molecular flexibility index (Phi) is 20.7. The topological polar surface area (TPSA) is 210 Å². The fourth-order valence-electron chi connectivity index (χ4n) is 11.2. The molecule has 3 saturated heterocycles. The van der Waals surface area contributed by atoms with Gasteiger partial charge in [-0.2, -0.15) is 0 Å². The van der Waals surface area contributed by atoms with E-state index in [-0.39, 0.29) is 37.8 Å². The first-order valence-corrected chi connectivity index (χ1v) is 26.3. The number of urea groups is 1. The summed E-state index contributed by atoms with van der Waals surface area (Å²) < 4.78 is 61.2. The number of anilines is 1. The number of hydrogen-bond acceptors (Lipinski definition) is 15. The van der Waals surface area contributed by atoms with Gasteiger partial charge in [-0.15, -0.1) is 0 Å². The van der Waals surface area contributed by atoms with Crippen LogP contribution in [0.2, 0.25) is 0 Å². The zero-order chi connectivity index (χ0) is 54.4. The van der Waals surface area contributed by atoms with Crippen molar-refractivity contribution in [3.8, 4) is 5.75 Å². The standard InChI is InChI=1S/C55H89FN4O13/c1-16-25-57-31-55(66)38(9)69-44(29-53(55,11)67-15)72-45-35(6)48(52(10,64)28-32(3)30-58-37(8)47(61)54(12,65)43(17-2)71-49(62)36(45)7)73-50-46(70-42-24-23-39(56)26-33(42)4)41(27-34(5)68-50)60(14)51(63)59(13)40-21-19-18-20-22-40/h18-24,26,32,34-38,41,43-48,50,57-58,61,64-66H,16-17,25,27-31H2,1-15H3/t32-,34-,35+,36-,37-,38+,41+,43-,44+,45+,46-,47-,48-,50+,52-,53-,54-,55+/m1/s1. The minimum absolute atomic E-state index is 0.0276. The molecule has 18 heteroatoms. The third-order valence-electron chi connectivity index (χ3n) is 16.0. The number of para-hydroxylation sites is 1. The van der Waals surface area contributed by atoms with Gasteiger partial charge in [0.05, 0.1) is 42.0 Å². The van der Waals surface area contributed by atoms with E-state index >= 15 is 0 Å². The molecule has 0 unspecified atom stereocenters. The lowest BCUT2D eigenvalue weighted by Gasteiger charge is -2.53. The Hall–Kier alpha value is -3.53. The van der Waals surface area contributed by atoms with Gasteiger partial charge in [0.2, 0.25) is 0 Å². The Bertz CT molecular complexity index is 2090. The lowest BCUT2D eigenvalue weighted by atomic mass is 9.75. The molecule has 0 aromatic heterocycles. The third-order valence-corrected chi connectivity index (χ3v) is 16.0. The van der Waals surface area contributed by atoms with Gasteiger partial charge in [0.1, 0.15) is 40.6 Å². The summed E-state index contributed by atoms with van der Waals surface area (Å²) in [5, 5.41) is 55.5. The summed E-state index contributed by atoms with van der Waals surface area (Å²) >= 11 is 0. The highest BCUT2D eigenvalue weighted by Gasteiger charge is 2.58. The number of carbonyl (C=O) groups is 2. The number of esters is 1. The van der Waals surface area contributed by atoms with E-state index < -0.39 is 113 Å². The molecule has 3 fully saturated rings. The predicted octanol–water partition coefficient (Wildman–Crippen LogP) is 6.09. The van der Waals surface area contributed by atoms with Crippen molar-refractivity contribution >= 4 is 17.7 Å². The van der Waals surface area contributed by atoms with Gasteiger partial charge >= 0.3 is 12.0 Å². The van der Waals surface area contributed by atoms with Gasteiger partial charge in [0.25, 0.3) is 0 Å². The summed E-state index contributed by atoms with van der Waals surface area (Å²) in [5.41, 5.74) is -5.17. The predicted molar refractivity (Wildman–Crippen MR) is 276 cm³/mol. The highest BCUT2D eigenvalue weighted by atomic mass is 19.1. The zero-order valence-corrected chi connectivity index (χ0v) is 46.1. The number of benzene rings is 2. The number of hydrogen-bond donors (Lipinski definition) is 6. The molecule has 3 aliphatic rings. The van der Waals surface area contributed by atoms with Crippen LogP contribution in [-0.4, -0.2) is 168 Å². The number of likely N-dealkylation sites (N-methyl/N-ethyl adjacent to an activating group) is 1. The number of nitrogens with one attached hydrogen (secondary N) is 2. The highest BCUT2D eigenvalue weighted by Crippen LogP contribution is 2.44. The maximum absolute atomic E-state index is 14.8. The summed E-state index contributed by atoms with van der Waals surface area (Å²) in [6, 6.07) is 11.7. The maximum atomic E-state index is 14.8. The van der Waals surface area contributed by atoms with Crippen molar-refractivity contribution in [2.24, 2.45) is 17.8 Å². The zero-order valence-electron chi connectivity index (χ0n) is 46.1. The maximum Gasteiger partial charge on any atom is 0.324 e. The second kappa shape index (κ2) is 25.1. The molecule has 2 aromatic rings. The number of halogens is 1. The summed E-state index contributed by atoms with van der Waals surface area (Å²) in [4.78, 5) is 32.3. The van der Waals surface area contributed by atoms with E-state index in [0.29, 0.717) is 36.5 Å². The molecule has 414 valence electrons. The first-order valence-electron chi connectivity index (χ1n) is 26.3. The van der Waals surface area contributed by atoms with Gasteiger partial charge in [0.15, 0.2) is 18.7 Å². The molecule has 18 atom stereocenters. The van der Waals surface area contributed by atoms with Crippen LogP contribution in [0.3, 0.4) is 0 Å². The monoisotopic (exact) mass is 1030 g/mol. The van der Waals surface area contributed by atoms with Crippen LogP contribution in [0.5, 0.6) is 5.75 Å². The average Bonchev–Trinajstić information content (AvgIpc) is 3.34. The molecule has 0 bridgehead atoms. The number of methoxy groups -OCH3 is 1. The highest BCUT2D eigenvalue weighted by molar-refractivity contribution is 5.91. The molecule has 17 nitrogen and oxygen atoms in total. The second-order valence-corrected chi connectivity index (χ2v) is 22.0. The molecular formula is C55H89FN4O13. The van der Waals surface area contributed by atoms with Gasteiger partial charge in [-0.25, -0.2) is 9.18 Å². The van der Waals surface area contributed by atoms with Crippen molar-refractivity contribution in [3.05, 3.63) is 59.9 Å². The normalized spacial score (nSPS) is 39.2. The molecule has 6 N–H and O–H groups in total. The Morgan fingerprint density at radius 3 is 2.23 bits per heavy atom. The minimum atomic E-state index is -1.88. The van der Waals surface area contributed by atoms with Gasteiger partial charge in [-0.05, 0) is 136 Å². The number of aliphatic hydroxyl groups excluding tert-OH is 1. The minimum Gasteiger partial charge on any atom is -0.483 e. The smallest absolute Gasteiger partial charge is 0.324 e. The second-order valence-electron chi connectivity index (χ2n) is 22.0. The van der Waals surface area contributed by atoms with Crippen molar-refractivity contribution < 1.29 is 67.6 Å². The molecule has 0 radical (unpaired) electrons. The van der Waals surface area contributed by atoms with Gasteiger partial charge in [-0.3, -0.25) is 9.69 Å². The largest absolute Gasteiger partial charge is 0.483 e. The quantitative estimate of drug-likeness (QED) is 0.0935. The number of carbonyl (C=O) groups excluding carboxylic acids is 2. The molecule has 5 rings (SSSR count). The van der Waals surface area contributed by atoms with Crippen LogP contribution in [0.25, 0.3) is 0 Å². The van der Waals surface area contributed by atoms with Gasteiger partial charge in [0, 0.05) is 51.8 Å². The number of nitrogens with zero attached hydrogens (tertiary/aromatic N) is 2. The van der Waals surface area contributed by atoms with Crippen molar-refractivity contribution in [2.45, 2.75) is 205 Å². The summed E-state index contributed by atoms with van der Waals surface area (Å²) in [5.74, 6) is -3.21. The summed E-state index contributed by atoms with van der Waals surface area (Å²) in [7, 11) is 4.89. The fourth-order valence-corrected chi connectivity index (χ4v) is 11.2. The molecule has 2 amide bonds. The SMILES string of the molecule is CCCNC[C@]1(O)[C@H](C)O[C@@H](O[C@H]2[C@H](C)[C@@H](O[C@@H]3O[C@H](C)C[C@H](N(C)C(=O)N(C)c4ccccc4)[C@H]3Oc3ccc(F)cc3C)[C@](C)(O)C[C@@H](C)CN[C@H](C)[C@@H](O)[C@](C)(O)[C@@H](CC)OC(=O)[C@@H]2C)C[C@@]1(C)OC. The summed E-state index contributed by atoms with van der Waals surface area (Å²) in [6.45, 7) is 22.2. The lowest BCUT2D eigenvalue weighted by molar-refractivity contribution is -0.335. The first-order chi connectivity index (χ1) is 34.2. The van der Waals surface area contributed by atoms with Gasteiger partial charge in [-0.1, -0.05) is 45.9 Å². The van der Waals surface area contributed by atoms with E-state index in [0.717, 1.165) is 6.42 Å². The van der Waals surface area contributed by atoms with Crippen LogP contribution >= 0.6 is 0 Å². The molecule has 0 spiro atoms. The number of ether oxygens (including phenoxy) is 7. The summed E-state index contributed by atoms with van der Waals surface area (Å²) in [6.07, 6.45) is -8.26. The lowest BCUT2D eigenvalue weighted by Crippen LogP contribution is -2.70. The molecule has 73 heavy (non-hydrogen) atoms. The third kappa shape index (κ3) is 13.7. The Morgan fingerprint density at radius 2 is 1.62 bits per heavy atom. The van der Waals surface area contributed by atoms with Crippen LogP contribution in [0.15, 0.2) is 48.5 Å².